The van der Waals surface area contributed by atoms with Gasteiger partial charge in [0, 0.05) is 11.6 Å². The van der Waals surface area contributed by atoms with Gasteiger partial charge in [0.25, 0.3) is 0 Å². The first-order valence-corrected chi connectivity index (χ1v) is 5.72. The van der Waals surface area contributed by atoms with E-state index < -0.39 is 0 Å². The minimum Gasteiger partial charge on any atom is -0.328 e. The van der Waals surface area contributed by atoms with Crippen molar-refractivity contribution in [2.45, 2.75) is 39.2 Å². The lowest BCUT2D eigenvalue weighted by atomic mass is 9.83. The highest BCUT2D eigenvalue weighted by atomic mass is 16.1. The highest BCUT2D eigenvalue weighted by Crippen LogP contribution is 2.26. The smallest absolute Gasteiger partial charge is 0.149 e. The molecule has 0 aromatic heterocycles. The Morgan fingerprint density at radius 1 is 1.53 bits per heavy atom. The lowest BCUT2D eigenvalue weighted by molar-refractivity contribution is -0.104. The third kappa shape index (κ3) is 4.00. The number of nitrogens with two attached hydrogens (primary N) is 1. The number of rotatable bonds is 5. The minimum absolute atomic E-state index is 0.293. The Kier molecular flexibility index (Phi) is 4.76. The molecule has 0 saturated heterocycles. The van der Waals surface area contributed by atoms with Crippen LogP contribution in [0.15, 0.2) is 23.8 Å². The summed E-state index contributed by atoms with van der Waals surface area (Å²) in [5, 5.41) is 0. The molecule has 2 N–H and O–H groups in total. The summed E-state index contributed by atoms with van der Waals surface area (Å²) in [5.41, 5.74) is 6.55. The summed E-state index contributed by atoms with van der Waals surface area (Å²) in [6.07, 6.45) is 10.3. The van der Waals surface area contributed by atoms with Gasteiger partial charge >= 0.3 is 0 Å². The van der Waals surface area contributed by atoms with Crippen LogP contribution in [0.1, 0.15) is 33.1 Å². The Morgan fingerprint density at radius 2 is 2.27 bits per heavy atom. The van der Waals surface area contributed by atoms with E-state index in [2.05, 4.69) is 13.0 Å². The summed E-state index contributed by atoms with van der Waals surface area (Å²) in [7, 11) is 0. The second-order valence-corrected chi connectivity index (χ2v) is 4.61. The molecule has 1 rings (SSSR count). The molecule has 0 bridgehead atoms. The van der Waals surface area contributed by atoms with E-state index in [0.29, 0.717) is 17.9 Å². The van der Waals surface area contributed by atoms with Gasteiger partial charge in [0.05, 0.1) is 0 Å². The Labute approximate surface area is 92.2 Å². The molecule has 15 heavy (non-hydrogen) atoms. The van der Waals surface area contributed by atoms with Crippen LogP contribution in [0, 0.1) is 11.8 Å². The van der Waals surface area contributed by atoms with Crippen molar-refractivity contribution in [2.75, 3.05) is 0 Å². The van der Waals surface area contributed by atoms with Gasteiger partial charge in [0.15, 0.2) is 0 Å². The molecule has 84 valence electrons. The van der Waals surface area contributed by atoms with Crippen LogP contribution >= 0.6 is 0 Å². The third-order valence-electron chi connectivity index (χ3n) is 3.11. The van der Waals surface area contributed by atoms with Crippen LogP contribution in [0.4, 0.5) is 0 Å². The monoisotopic (exact) mass is 207 g/mol. The Balaban J connectivity index is 2.37. The van der Waals surface area contributed by atoms with Gasteiger partial charge in [-0.2, -0.15) is 0 Å². The molecule has 0 fully saturated rings. The van der Waals surface area contributed by atoms with Gasteiger partial charge in [-0.05, 0) is 38.0 Å². The first-order chi connectivity index (χ1) is 7.13. The van der Waals surface area contributed by atoms with E-state index in [1.54, 1.807) is 0 Å². The summed E-state index contributed by atoms with van der Waals surface area (Å²) >= 11 is 0. The number of carbonyl (C=O) groups excluding carboxylic acids is 1. The van der Waals surface area contributed by atoms with Crippen LogP contribution in [0.25, 0.3) is 0 Å². The number of allylic oxidation sites excluding steroid dienone is 4. The molecule has 3 atom stereocenters. The normalized spacial score (nSPS) is 24.5. The highest BCUT2D eigenvalue weighted by molar-refractivity contribution is 5.77. The first kappa shape index (κ1) is 12.2. The summed E-state index contributed by atoms with van der Waals surface area (Å²) in [6.45, 7) is 4.31. The van der Waals surface area contributed by atoms with Gasteiger partial charge in [0.1, 0.15) is 6.29 Å². The molecule has 0 aliphatic heterocycles. The lowest BCUT2D eigenvalue weighted by Crippen LogP contribution is -2.18. The zero-order chi connectivity index (χ0) is 11.3. The van der Waals surface area contributed by atoms with Crippen LogP contribution in [-0.4, -0.2) is 12.3 Å². The fourth-order valence-electron chi connectivity index (χ4n) is 1.90. The standard InChI is InChI=1S/C13H21NO/c1-10(3-4-11(2)14)13-7-5-12(9-15)6-8-13/h5-7,9-11,13H,3-4,8,14H2,1-2H3. The molecule has 0 heterocycles. The average Bonchev–Trinajstić information content (AvgIpc) is 2.26. The third-order valence-corrected chi connectivity index (χ3v) is 3.11. The number of aldehydes is 1. The number of hydrogen-bond donors (Lipinski definition) is 1. The molecule has 0 aromatic rings. The van der Waals surface area contributed by atoms with E-state index >= 15 is 0 Å². The zero-order valence-electron chi connectivity index (χ0n) is 9.65. The summed E-state index contributed by atoms with van der Waals surface area (Å²) in [6, 6.07) is 0.293. The lowest BCUT2D eigenvalue weighted by Gasteiger charge is -2.22. The van der Waals surface area contributed by atoms with E-state index in [0.717, 1.165) is 31.1 Å². The van der Waals surface area contributed by atoms with Gasteiger partial charge in [-0.25, -0.2) is 0 Å². The molecule has 0 saturated carbocycles. The van der Waals surface area contributed by atoms with Crippen molar-refractivity contribution in [2.24, 2.45) is 17.6 Å². The van der Waals surface area contributed by atoms with Crippen LogP contribution in [0.2, 0.25) is 0 Å². The summed E-state index contributed by atoms with van der Waals surface area (Å²) in [4.78, 5) is 10.5. The van der Waals surface area contributed by atoms with Crippen molar-refractivity contribution < 1.29 is 4.79 Å². The van der Waals surface area contributed by atoms with Crippen LogP contribution in [0.5, 0.6) is 0 Å². The van der Waals surface area contributed by atoms with Gasteiger partial charge in [-0.15, -0.1) is 0 Å². The zero-order valence-corrected chi connectivity index (χ0v) is 9.65. The summed E-state index contributed by atoms with van der Waals surface area (Å²) in [5.74, 6) is 1.23. The minimum atomic E-state index is 0.293. The Hall–Kier alpha value is -0.890. The van der Waals surface area contributed by atoms with E-state index in [9.17, 15) is 4.79 Å². The Bertz CT molecular complexity index is 266. The van der Waals surface area contributed by atoms with Crippen molar-refractivity contribution in [1.82, 2.24) is 0 Å². The van der Waals surface area contributed by atoms with Gasteiger partial charge in [-0.1, -0.05) is 25.2 Å². The molecule has 2 heteroatoms. The molecule has 2 nitrogen and oxygen atoms in total. The predicted octanol–water partition coefficient (Wildman–Crippen LogP) is 2.45. The maximum atomic E-state index is 10.5. The van der Waals surface area contributed by atoms with Gasteiger partial charge in [0.2, 0.25) is 0 Å². The van der Waals surface area contributed by atoms with Gasteiger partial charge < -0.3 is 5.73 Å². The van der Waals surface area contributed by atoms with E-state index in [1.807, 2.05) is 19.1 Å². The maximum absolute atomic E-state index is 10.5. The van der Waals surface area contributed by atoms with Crippen molar-refractivity contribution in [1.29, 1.82) is 0 Å². The van der Waals surface area contributed by atoms with Crippen molar-refractivity contribution >= 4 is 6.29 Å². The van der Waals surface area contributed by atoms with E-state index in [4.69, 9.17) is 5.73 Å². The number of hydrogen-bond acceptors (Lipinski definition) is 2. The molecule has 0 amide bonds. The van der Waals surface area contributed by atoms with E-state index in [-0.39, 0.29) is 0 Å². The SMILES string of the molecule is CC(N)CCC(C)C1C=CC(C=O)=CC1. The van der Waals surface area contributed by atoms with Crippen molar-refractivity contribution in [3.8, 4) is 0 Å². The highest BCUT2D eigenvalue weighted by Gasteiger charge is 2.16. The molecule has 1 aliphatic carbocycles. The van der Waals surface area contributed by atoms with Crippen LogP contribution in [-0.2, 0) is 4.79 Å². The topological polar surface area (TPSA) is 43.1 Å². The Morgan fingerprint density at radius 3 is 2.73 bits per heavy atom. The van der Waals surface area contributed by atoms with E-state index in [1.165, 1.54) is 0 Å². The quantitative estimate of drug-likeness (QED) is 0.704. The van der Waals surface area contributed by atoms with Gasteiger partial charge in [-0.3, -0.25) is 4.79 Å². The van der Waals surface area contributed by atoms with Crippen LogP contribution < -0.4 is 5.73 Å². The second kappa shape index (κ2) is 5.86. The summed E-state index contributed by atoms with van der Waals surface area (Å²) < 4.78 is 0. The van der Waals surface area contributed by atoms with Crippen LogP contribution in [0.3, 0.4) is 0 Å². The fraction of sp³-hybridized carbons (Fsp3) is 0.615. The predicted molar refractivity (Wildman–Crippen MR) is 63.4 cm³/mol. The van der Waals surface area contributed by atoms with Crippen molar-refractivity contribution in [3.63, 3.8) is 0 Å². The van der Waals surface area contributed by atoms with Crippen molar-refractivity contribution in [3.05, 3.63) is 23.8 Å². The average molecular weight is 207 g/mol. The first-order valence-electron chi connectivity index (χ1n) is 5.72. The largest absolute Gasteiger partial charge is 0.328 e. The molecular formula is C13H21NO. The fourth-order valence-corrected chi connectivity index (χ4v) is 1.90. The number of carbonyl (C=O) groups is 1. The molecule has 0 spiro atoms. The second-order valence-electron chi connectivity index (χ2n) is 4.61. The molecule has 0 radical (unpaired) electrons. The molecular weight excluding hydrogens is 186 g/mol. The molecule has 1 aliphatic rings. The molecule has 3 unspecified atom stereocenters. The maximum Gasteiger partial charge on any atom is 0.149 e. The molecule has 0 aromatic carbocycles.